The zero-order chi connectivity index (χ0) is 18.1. The SMILES string of the molecule is Cc1noc(C)c1S(=O)(=O)N1CCCN(C(=O)[C@@H](N)C(C)C)CC1.Cl. The second-order valence-electron chi connectivity index (χ2n) is 6.51. The fraction of sp³-hybridized carbons (Fsp3) is 0.733. The van der Waals surface area contributed by atoms with Gasteiger partial charge in [-0.25, -0.2) is 8.42 Å². The van der Waals surface area contributed by atoms with Gasteiger partial charge in [0.15, 0.2) is 5.76 Å². The van der Waals surface area contributed by atoms with Crippen molar-refractivity contribution in [2.75, 3.05) is 26.2 Å². The number of amides is 1. The van der Waals surface area contributed by atoms with Crippen LogP contribution in [0.2, 0.25) is 0 Å². The molecule has 25 heavy (non-hydrogen) atoms. The monoisotopic (exact) mass is 394 g/mol. The first-order valence-electron chi connectivity index (χ1n) is 8.13. The minimum Gasteiger partial charge on any atom is -0.360 e. The summed E-state index contributed by atoms with van der Waals surface area (Å²) < 4.78 is 32.1. The van der Waals surface area contributed by atoms with E-state index in [1.165, 1.54) is 4.31 Å². The number of rotatable bonds is 4. The molecule has 1 aliphatic heterocycles. The van der Waals surface area contributed by atoms with E-state index in [1.807, 2.05) is 13.8 Å². The van der Waals surface area contributed by atoms with E-state index < -0.39 is 16.1 Å². The highest BCUT2D eigenvalue weighted by Crippen LogP contribution is 2.24. The molecule has 0 unspecified atom stereocenters. The Morgan fingerprint density at radius 1 is 1.20 bits per heavy atom. The molecule has 0 spiro atoms. The van der Waals surface area contributed by atoms with E-state index in [-0.39, 0.29) is 41.4 Å². The minimum atomic E-state index is -3.68. The summed E-state index contributed by atoms with van der Waals surface area (Å²) in [7, 11) is -3.68. The molecule has 1 aromatic heterocycles. The summed E-state index contributed by atoms with van der Waals surface area (Å²) in [5.41, 5.74) is 6.29. The van der Waals surface area contributed by atoms with Crippen molar-refractivity contribution >= 4 is 28.3 Å². The molecule has 0 aromatic carbocycles. The molecule has 8 nitrogen and oxygen atoms in total. The van der Waals surface area contributed by atoms with Gasteiger partial charge in [-0.15, -0.1) is 12.4 Å². The Kier molecular flexibility index (Phi) is 7.42. The molecule has 0 saturated carbocycles. The molecule has 0 aliphatic carbocycles. The Hall–Kier alpha value is -1.16. The van der Waals surface area contributed by atoms with Crippen LogP contribution in [0.25, 0.3) is 0 Å². The van der Waals surface area contributed by atoms with Crippen LogP contribution in [0.5, 0.6) is 0 Å². The number of carbonyl (C=O) groups is 1. The summed E-state index contributed by atoms with van der Waals surface area (Å²) in [6.07, 6.45) is 0.569. The fourth-order valence-corrected chi connectivity index (χ4v) is 4.58. The van der Waals surface area contributed by atoms with Gasteiger partial charge in [-0.1, -0.05) is 19.0 Å². The molecule has 1 amide bonds. The van der Waals surface area contributed by atoms with Gasteiger partial charge in [0, 0.05) is 26.2 Å². The van der Waals surface area contributed by atoms with Crippen LogP contribution in [-0.2, 0) is 14.8 Å². The van der Waals surface area contributed by atoms with Gasteiger partial charge in [-0.2, -0.15) is 4.31 Å². The third-order valence-electron chi connectivity index (χ3n) is 4.34. The molecule has 0 radical (unpaired) electrons. The summed E-state index contributed by atoms with van der Waals surface area (Å²) in [5, 5.41) is 3.72. The lowest BCUT2D eigenvalue weighted by Crippen LogP contribution is -2.47. The molecule has 1 atom stereocenters. The van der Waals surface area contributed by atoms with Crippen molar-refractivity contribution < 1.29 is 17.7 Å². The van der Waals surface area contributed by atoms with E-state index >= 15 is 0 Å². The third-order valence-corrected chi connectivity index (χ3v) is 6.48. The van der Waals surface area contributed by atoms with Crippen LogP contribution in [-0.4, -0.2) is 60.9 Å². The first-order chi connectivity index (χ1) is 11.2. The lowest BCUT2D eigenvalue weighted by molar-refractivity contribution is -0.133. The Morgan fingerprint density at radius 2 is 1.84 bits per heavy atom. The molecule has 1 fully saturated rings. The summed E-state index contributed by atoms with van der Waals surface area (Å²) in [6.45, 7) is 8.43. The van der Waals surface area contributed by atoms with Gasteiger partial charge < -0.3 is 15.2 Å². The third kappa shape index (κ3) is 4.52. The zero-order valence-electron chi connectivity index (χ0n) is 15.1. The summed E-state index contributed by atoms with van der Waals surface area (Å²) in [5.74, 6) is 0.205. The second-order valence-corrected chi connectivity index (χ2v) is 8.38. The standard InChI is InChI=1S/C15H26N4O4S.ClH/c1-10(2)13(16)15(20)18-6-5-7-19(9-8-18)24(21,22)14-11(3)17-23-12(14)4;/h10,13H,5-9,16H2,1-4H3;1H/t13-;/m0./s1. The highest BCUT2D eigenvalue weighted by Gasteiger charge is 2.33. The summed E-state index contributed by atoms with van der Waals surface area (Å²) >= 11 is 0. The lowest BCUT2D eigenvalue weighted by atomic mass is 10.0. The Labute approximate surface area is 155 Å². The van der Waals surface area contributed by atoms with Crippen LogP contribution in [0.1, 0.15) is 31.7 Å². The van der Waals surface area contributed by atoms with Crippen molar-refractivity contribution in [3.63, 3.8) is 0 Å². The molecule has 2 heterocycles. The molecular formula is C15H27ClN4O4S. The molecule has 1 saturated heterocycles. The zero-order valence-corrected chi connectivity index (χ0v) is 16.7. The fourth-order valence-electron chi connectivity index (χ4n) is 2.82. The number of nitrogens with zero attached hydrogens (tertiary/aromatic N) is 3. The molecule has 2 rings (SSSR count). The Bertz CT molecular complexity index is 685. The largest absolute Gasteiger partial charge is 0.360 e. The van der Waals surface area contributed by atoms with Crippen molar-refractivity contribution in [3.8, 4) is 0 Å². The van der Waals surface area contributed by atoms with Gasteiger partial charge in [0.1, 0.15) is 10.6 Å². The van der Waals surface area contributed by atoms with E-state index in [0.29, 0.717) is 31.7 Å². The normalized spacial score (nSPS) is 17.9. The van der Waals surface area contributed by atoms with E-state index in [2.05, 4.69) is 5.16 Å². The first-order valence-corrected chi connectivity index (χ1v) is 9.57. The molecule has 10 heteroatoms. The minimum absolute atomic E-state index is 0. The lowest BCUT2D eigenvalue weighted by Gasteiger charge is -2.26. The number of hydrogen-bond acceptors (Lipinski definition) is 6. The number of aromatic nitrogens is 1. The Balaban J connectivity index is 0.00000312. The predicted molar refractivity (Wildman–Crippen MR) is 96.0 cm³/mol. The number of carbonyl (C=O) groups excluding carboxylic acids is 1. The van der Waals surface area contributed by atoms with Crippen LogP contribution in [0.4, 0.5) is 0 Å². The average Bonchev–Trinajstić information content (AvgIpc) is 2.74. The maximum absolute atomic E-state index is 12.9. The topological polar surface area (TPSA) is 110 Å². The highest BCUT2D eigenvalue weighted by molar-refractivity contribution is 7.89. The number of halogens is 1. The van der Waals surface area contributed by atoms with Crippen LogP contribution < -0.4 is 5.73 Å². The molecule has 1 aromatic rings. The molecule has 0 bridgehead atoms. The van der Waals surface area contributed by atoms with E-state index in [9.17, 15) is 13.2 Å². The van der Waals surface area contributed by atoms with Crippen LogP contribution in [0.15, 0.2) is 9.42 Å². The first kappa shape index (κ1) is 21.9. The van der Waals surface area contributed by atoms with Crippen molar-refractivity contribution in [2.45, 2.75) is 45.1 Å². The van der Waals surface area contributed by atoms with Gasteiger partial charge in [-0.3, -0.25) is 4.79 Å². The van der Waals surface area contributed by atoms with Gasteiger partial charge >= 0.3 is 0 Å². The van der Waals surface area contributed by atoms with Crippen LogP contribution >= 0.6 is 12.4 Å². The second kappa shape index (κ2) is 8.48. The van der Waals surface area contributed by atoms with Crippen molar-refractivity contribution in [1.82, 2.24) is 14.4 Å². The average molecular weight is 395 g/mol. The highest BCUT2D eigenvalue weighted by atomic mass is 35.5. The smallest absolute Gasteiger partial charge is 0.248 e. The van der Waals surface area contributed by atoms with Crippen molar-refractivity contribution in [2.24, 2.45) is 11.7 Å². The number of hydrogen-bond donors (Lipinski definition) is 1. The summed E-state index contributed by atoms with van der Waals surface area (Å²) in [4.78, 5) is 14.2. The molecular weight excluding hydrogens is 368 g/mol. The van der Waals surface area contributed by atoms with Crippen molar-refractivity contribution in [1.29, 1.82) is 0 Å². The predicted octanol–water partition coefficient (Wildman–Crippen LogP) is 0.920. The summed E-state index contributed by atoms with van der Waals surface area (Å²) in [6, 6.07) is -0.560. The maximum Gasteiger partial charge on any atom is 0.248 e. The van der Waals surface area contributed by atoms with Crippen LogP contribution in [0, 0.1) is 19.8 Å². The molecule has 1 aliphatic rings. The van der Waals surface area contributed by atoms with E-state index in [1.54, 1.807) is 18.7 Å². The Morgan fingerprint density at radius 3 is 2.36 bits per heavy atom. The quantitative estimate of drug-likeness (QED) is 0.813. The number of aryl methyl sites for hydroxylation is 2. The molecule has 144 valence electrons. The van der Waals surface area contributed by atoms with E-state index in [0.717, 1.165) is 0 Å². The number of sulfonamides is 1. The maximum atomic E-state index is 12.9. The van der Waals surface area contributed by atoms with Gasteiger partial charge in [0.05, 0.1) is 6.04 Å². The van der Waals surface area contributed by atoms with Gasteiger partial charge in [0.25, 0.3) is 0 Å². The van der Waals surface area contributed by atoms with Gasteiger partial charge in [0.2, 0.25) is 15.9 Å². The molecule has 2 N–H and O–H groups in total. The van der Waals surface area contributed by atoms with E-state index in [4.69, 9.17) is 10.3 Å². The van der Waals surface area contributed by atoms with Crippen LogP contribution in [0.3, 0.4) is 0 Å². The number of nitrogens with two attached hydrogens (primary N) is 1. The van der Waals surface area contributed by atoms with Crippen molar-refractivity contribution in [3.05, 3.63) is 11.5 Å². The van der Waals surface area contributed by atoms with Gasteiger partial charge in [-0.05, 0) is 26.2 Å².